The van der Waals surface area contributed by atoms with Crippen molar-refractivity contribution < 1.29 is 19.8 Å². The third kappa shape index (κ3) is 45.4. The molecule has 0 spiro atoms. The minimum atomic E-state index is -0.676. The molecular weight excluding hydrogens is 520 g/mol. The van der Waals surface area contributed by atoms with E-state index in [1.165, 1.54) is 141 Å². The van der Waals surface area contributed by atoms with Crippen LogP contribution in [-0.2, 0) is 9.59 Å². The molecule has 0 atom stereocenters. The van der Waals surface area contributed by atoms with Crippen LogP contribution in [0.15, 0.2) is 24.3 Å². The Bertz CT molecular complexity index is 596. The lowest BCUT2D eigenvalue weighted by Gasteiger charge is -2.03. The summed E-state index contributed by atoms with van der Waals surface area (Å²) < 4.78 is 0. The molecule has 4 nitrogen and oxygen atoms in total. The van der Waals surface area contributed by atoms with Gasteiger partial charge in [-0.3, -0.25) is 9.59 Å². The fraction of sp³-hybridized carbons (Fsp3) is 0.842. The van der Waals surface area contributed by atoms with Crippen molar-refractivity contribution in [3.05, 3.63) is 24.3 Å². The van der Waals surface area contributed by atoms with Gasteiger partial charge in [-0.25, -0.2) is 0 Å². The molecule has 0 aromatic rings. The maximum absolute atomic E-state index is 10.4. The summed E-state index contributed by atoms with van der Waals surface area (Å²) in [4.78, 5) is 20.7. The largest absolute Gasteiger partial charge is 0.481 e. The first kappa shape index (κ1) is 42.6. The fourth-order valence-electron chi connectivity index (χ4n) is 5.11. The molecule has 0 heterocycles. The number of carboxylic acids is 2. The molecule has 0 aliphatic carbocycles. The van der Waals surface area contributed by atoms with Crippen molar-refractivity contribution in [2.24, 2.45) is 0 Å². The van der Waals surface area contributed by atoms with Crippen molar-refractivity contribution in [2.75, 3.05) is 0 Å². The van der Waals surface area contributed by atoms with Crippen LogP contribution >= 0.6 is 0 Å². The monoisotopic (exact) mass is 593 g/mol. The first-order chi connectivity index (χ1) is 20.5. The highest BCUT2D eigenvalue weighted by atomic mass is 16.4. The molecule has 42 heavy (non-hydrogen) atoms. The summed E-state index contributed by atoms with van der Waals surface area (Å²) in [6.45, 7) is 4.52. The van der Waals surface area contributed by atoms with Gasteiger partial charge in [-0.1, -0.05) is 179 Å². The van der Waals surface area contributed by atoms with E-state index in [0.717, 1.165) is 38.5 Å². The lowest BCUT2D eigenvalue weighted by atomic mass is 10.0. The Kier molecular flexibility index (Phi) is 39.9. The summed E-state index contributed by atoms with van der Waals surface area (Å²) in [5, 5.41) is 17.0. The lowest BCUT2D eigenvalue weighted by molar-refractivity contribution is -0.138. The van der Waals surface area contributed by atoms with Gasteiger partial charge in [0.25, 0.3) is 0 Å². The van der Waals surface area contributed by atoms with E-state index < -0.39 is 11.9 Å². The van der Waals surface area contributed by atoms with Gasteiger partial charge in [-0.05, 0) is 38.5 Å². The van der Waals surface area contributed by atoms with Crippen LogP contribution in [0.4, 0.5) is 0 Å². The van der Waals surface area contributed by atoms with Crippen molar-refractivity contribution >= 4 is 11.9 Å². The van der Waals surface area contributed by atoms with Gasteiger partial charge in [-0.2, -0.15) is 0 Å². The second-order valence-electron chi connectivity index (χ2n) is 12.2. The molecule has 0 saturated heterocycles. The Morgan fingerprint density at radius 3 is 0.881 bits per heavy atom. The molecule has 0 aromatic heterocycles. The lowest BCUT2D eigenvalue weighted by Crippen LogP contribution is -1.93. The van der Waals surface area contributed by atoms with E-state index in [1.54, 1.807) is 0 Å². The second kappa shape index (κ2) is 39.4. The predicted octanol–water partition coefficient (Wildman–Crippen LogP) is 13.0. The maximum Gasteiger partial charge on any atom is 0.303 e. The third-order valence-electron chi connectivity index (χ3n) is 7.86. The summed E-state index contributed by atoms with van der Waals surface area (Å²) in [6.07, 6.45) is 45.4. The molecule has 4 heteroatoms. The molecule has 0 fully saturated rings. The Morgan fingerprint density at radius 1 is 0.381 bits per heavy atom. The molecule has 0 rings (SSSR count). The highest BCUT2D eigenvalue weighted by molar-refractivity contribution is 5.66. The highest BCUT2D eigenvalue weighted by Crippen LogP contribution is 2.14. The van der Waals surface area contributed by atoms with Gasteiger partial charge in [0.05, 0.1) is 0 Å². The van der Waals surface area contributed by atoms with Crippen molar-refractivity contribution in [1.29, 1.82) is 0 Å². The third-order valence-corrected chi connectivity index (χ3v) is 7.86. The molecule has 248 valence electrons. The summed E-state index contributed by atoms with van der Waals surface area (Å²) in [5.41, 5.74) is 0. The topological polar surface area (TPSA) is 74.6 Å². The number of unbranched alkanes of at least 4 members (excludes halogenated alkanes) is 25. The van der Waals surface area contributed by atoms with Crippen LogP contribution in [0.3, 0.4) is 0 Å². The van der Waals surface area contributed by atoms with Gasteiger partial charge in [0.15, 0.2) is 0 Å². The molecule has 0 amide bonds. The minimum absolute atomic E-state index is 0.316. The quantitative estimate of drug-likeness (QED) is 0.0602. The zero-order valence-electron chi connectivity index (χ0n) is 28.2. The number of carbonyl (C=O) groups is 2. The fourth-order valence-corrected chi connectivity index (χ4v) is 5.11. The molecule has 0 unspecified atom stereocenters. The van der Waals surface area contributed by atoms with E-state index in [2.05, 4.69) is 38.2 Å². The van der Waals surface area contributed by atoms with E-state index in [9.17, 15) is 9.59 Å². The van der Waals surface area contributed by atoms with E-state index in [0.29, 0.717) is 12.8 Å². The van der Waals surface area contributed by atoms with E-state index in [-0.39, 0.29) is 0 Å². The highest BCUT2D eigenvalue weighted by Gasteiger charge is 1.98. The van der Waals surface area contributed by atoms with Gasteiger partial charge in [0.2, 0.25) is 0 Å². The van der Waals surface area contributed by atoms with Gasteiger partial charge < -0.3 is 10.2 Å². The molecule has 0 aliphatic rings. The number of rotatable bonds is 32. The Hall–Kier alpha value is -1.58. The Morgan fingerprint density at radius 2 is 0.619 bits per heavy atom. The van der Waals surface area contributed by atoms with Crippen LogP contribution in [0.2, 0.25) is 0 Å². The number of allylic oxidation sites excluding steroid dienone is 4. The first-order valence-electron chi connectivity index (χ1n) is 18.3. The molecule has 0 aliphatic heterocycles. The number of hydrogen-bond acceptors (Lipinski definition) is 2. The number of carboxylic acid groups (broad SMARTS) is 2. The molecule has 0 saturated carbocycles. The Balaban J connectivity index is 0. The molecule has 0 aromatic carbocycles. The molecule has 2 N–H and O–H groups in total. The maximum atomic E-state index is 10.4. The van der Waals surface area contributed by atoms with Crippen LogP contribution in [0.25, 0.3) is 0 Å². The van der Waals surface area contributed by atoms with Crippen LogP contribution in [0, 0.1) is 0 Å². The van der Waals surface area contributed by atoms with Crippen LogP contribution in [-0.4, -0.2) is 22.2 Å². The normalized spacial score (nSPS) is 11.3. The van der Waals surface area contributed by atoms with E-state index in [1.807, 2.05) is 0 Å². The first-order valence-corrected chi connectivity index (χ1v) is 18.3. The van der Waals surface area contributed by atoms with Crippen molar-refractivity contribution in [3.63, 3.8) is 0 Å². The zero-order valence-corrected chi connectivity index (χ0v) is 28.2. The van der Waals surface area contributed by atoms with Crippen molar-refractivity contribution in [3.8, 4) is 0 Å². The average Bonchev–Trinajstić information content (AvgIpc) is 2.97. The number of aliphatic carboxylic acids is 2. The van der Waals surface area contributed by atoms with Crippen molar-refractivity contribution in [1.82, 2.24) is 0 Å². The van der Waals surface area contributed by atoms with E-state index >= 15 is 0 Å². The average molecular weight is 593 g/mol. The number of hydrogen-bond donors (Lipinski definition) is 2. The van der Waals surface area contributed by atoms with E-state index in [4.69, 9.17) is 10.2 Å². The molecule has 0 radical (unpaired) electrons. The summed E-state index contributed by atoms with van der Waals surface area (Å²) in [5.74, 6) is -1.33. The smallest absolute Gasteiger partial charge is 0.303 e. The minimum Gasteiger partial charge on any atom is -0.481 e. The summed E-state index contributed by atoms with van der Waals surface area (Å²) in [7, 11) is 0. The van der Waals surface area contributed by atoms with Crippen molar-refractivity contribution in [2.45, 2.75) is 206 Å². The summed E-state index contributed by atoms with van der Waals surface area (Å²) in [6, 6.07) is 0. The predicted molar refractivity (Wildman–Crippen MR) is 183 cm³/mol. The van der Waals surface area contributed by atoms with Gasteiger partial charge in [-0.15, -0.1) is 0 Å². The SMILES string of the molecule is CCCCCCC/C=C\C=C/CCCCCCC(=O)O.CCCCCCCCCCCCCCCCCCCC(=O)O. The van der Waals surface area contributed by atoms with Crippen LogP contribution in [0.1, 0.15) is 206 Å². The zero-order chi connectivity index (χ0) is 31.2. The van der Waals surface area contributed by atoms with Gasteiger partial charge in [0.1, 0.15) is 0 Å². The van der Waals surface area contributed by atoms with Crippen LogP contribution < -0.4 is 0 Å². The molecular formula is C38H72O4. The Labute approximate surface area is 262 Å². The summed E-state index contributed by atoms with van der Waals surface area (Å²) >= 11 is 0. The molecule has 0 bridgehead atoms. The van der Waals surface area contributed by atoms with Crippen LogP contribution in [0.5, 0.6) is 0 Å². The standard InChI is InChI=1S/C20H40O2.C18H32O2/c1-2-3-4-5-6-7-8-9-10-11-12-13-14-15-16-17-18-19-20(21)22;1-2-3-4-5-6-7-8-9-10-11-12-13-14-15-16-17-18(19)20/h2-19H2,1H3,(H,21,22);8-11H,2-7,12-17H2,1H3,(H,19,20)/b;9-8-,11-10-. The van der Waals surface area contributed by atoms with Gasteiger partial charge >= 0.3 is 11.9 Å². The second-order valence-corrected chi connectivity index (χ2v) is 12.2. The van der Waals surface area contributed by atoms with Gasteiger partial charge in [0, 0.05) is 12.8 Å².